The van der Waals surface area contributed by atoms with Crippen LogP contribution in [0.15, 0.2) is 41.1 Å². The van der Waals surface area contributed by atoms with Crippen molar-refractivity contribution in [2.45, 2.75) is 6.04 Å². The number of methoxy groups -OCH3 is 1. The molecule has 0 fully saturated rings. The zero-order valence-corrected chi connectivity index (χ0v) is 11.8. The van der Waals surface area contributed by atoms with Crippen molar-refractivity contribution < 1.29 is 9.13 Å². The standard InChI is InChI=1S/C13H13BrFN3O/c1-19-10-4-8(6-17-7-10)13(18-16)11-5-9(14)2-3-12(11)15/h2-7,13,18H,16H2,1H3. The summed E-state index contributed by atoms with van der Waals surface area (Å²) in [4.78, 5) is 4.05. The predicted octanol–water partition coefficient (Wildman–Crippen LogP) is 2.54. The summed E-state index contributed by atoms with van der Waals surface area (Å²) >= 11 is 3.32. The monoisotopic (exact) mass is 325 g/mol. The first kappa shape index (κ1) is 13.9. The minimum absolute atomic E-state index is 0.339. The van der Waals surface area contributed by atoms with Crippen LogP contribution in [-0.2, 0) is 0 Å². The molecule has 0 aliphatic rings. The molecular weight excluding hydrogens is 313 g/mol. The molecule has 3 N–H and O–H groups in total. The van der Waals surface area contributed by atoms with Crippen LogP contribution in [0, 0.1) is 5.82 Å². The zero-order chi connectivity index (χ0) is 13.8. The molecule has 1 aromatic carbocycles. The second-order valence-electron chi connectivity index (χ2n) is 3.92. The van der Waals surface area contributed by atoms with E-state index < -0.39 is 6.04 Å². The molecule has 0 aliphatic carbocycles. The molecule has 2 rings (SSSR count). The highest BCUT2D eigenvalue weighted by molar-refractivity contribution is 9.10. The third-order valence-corrected chi connectivity index (χ3v) is 3.23. The van der Waals surface area contributed by atoms with E-state index in [2.05, 4.69) is 26.3 Å². The molecule has 2 aromatic rings. The number of rotatable bonds is 4. The summed E-state index contributed by atoms with van der Waals surface area (Å²) in [5.74, 6) is 5.80. The Morgan fingerprint density at radius 3 is 2.84 bits per heavy atom. The fourth-order valence-electron chi connectivity index (χ4n) is 1.81. The second-order valence-corrected chi connectivity index (χ2v) is 4.84. The van der Waals surface area contributed by atoms with Crippen LogP contribution in [-0.4, -0.2) is 12.1 Å². The fraction of sp³-hybridized carbons (Fsp3) is 0.154. The smallest absolute Gasteiger partial charge is 0.137 e. The lowest BCUT2D eigenvalue weighted by atomic mass is 10.0. The Balaban J connectivity index is 2.46. The molecule has 0 aliphatic heterocycles. The van der Waals surface area contributed by atoms with Crippen LogP contribution in [0.1, 0.15) is 17.2 Å². The number of hydrogen-bond donors (Lipinski definition) is 2. The summed E-state index contributed by atoms with van der Waals surface area (Å²) in [6.45, 7) is 0. The van der Waals surface area contributed by atoms with Gasteiger partial charge < -0.3 is 4.74 Å². The number of benzene rings is 1. The summed E-state index contributed by atoms with van der Waals surface area (Å²) in [6.07, 6.45) is 3.20. The Hall–Kier alpha value is -1.50. The number of hydrogen-bond acceptors (Lipinski definition) is 4. The van der Waals surface area contributed by atoms with Gasteiger partial charge in [-0.1, -0.05) is 15.9 Å². The summed E-state index contributed by atoms with van der Waals surface area (Å²) in [6, 6.07) is 5.96. The third kappa shape index (κ3) is 3.09. The molecular formula is C13H13BrFN3O. The number of nitrogens with zero attached hydrogens (tertiary/aromatic N) is 1. The molecule has 0 bridgehead atoms. The van der Waals surface area contributed by atoms with Gasteiger partial charge in [-0.25, -0.2) is 9.82 Å². The molecule has 1 unspecified atom stereocenters. The van der Waals surface area contributed by atoms with Gasteiger partial charge in [-0.15, -0.1) is 0 Å². The van der Waals surface area contributed by atoms with Crippen molar-refractivity contribution >= 4 is 15.9 Å². The summed E-state index contributed by atoms with van der Waals surface area (Å²) in [7, 11) is 1.55. The molecule has 1 aromatic heterocycles. The lowest BCUT2D eigenvalue weighted by Gasteiger charge is -2.18. The average molecular weight is 326 g/mol. The minimum Gasteiger partial charge on any atom is -0.495 e. The maximum absolute atomic E-state index is 13.9. The van der Waals surface area contributed by atoms with Gasteiger partial charge in [-0.2, -0.15) is 0 Å². The first-order chi connectivity index (χ1) is 9.15. The topological polar surface area (TPSA) is 60.2 Å². The van der Waals surface area contributed by atoms with Crippen molar-refractivity contribution in [2.24, 2.45) is 5.84 Å². The van der Waals surface area contributed by atoms with E-state index in [0.717, 1.165) is 10.0 Å². The largest absolute Gasteiger partial charge is 0.495 e. The number of ether oxygens (including phenoxy) is 1. The van der Waals surface area contributed by atoms with E-state index in [1.165, 1.54) is 6.07 Å². The average Bonchev–Trinajstić information content (AvgIpc) is 2.44. The van der Waals surface area contributed by atoms with Crippen molar-refractivity contribution in [1.29, 1.82) is 0 Å². The fourth-order valence-corrected chi connectivity index (χ4v) is 2.19. The van der Waals surface area contributed by atoms with E-state index >= 15 is 0 Å². The SMILES string of the molecule is COc1cncc(C(NN)c2cc(Br)ccc2F)c1. The van der Waals surface area contributed by atoms with Crippen LogP contribution in [0.25, 0.3) is 0 Å². The molecule has 0 saturated carbocycles. The summed E-state index contributed by atoms with van der Waals surface area (Å²) in [5, 5.41) is 0. The maximum Gasteiger partial charge on any atom is 0.137 e. The molecule has 0 spiro atoms. The maximum atomic E-state index is 13.9. The molecule has 1 heterocycles. The van der Waals surface area contributed by atoms with Crippen LogP contribution in [0.4, 0.5) is 4.39 Å². The van der Waals surface area contributed by atoms with Gasteiger partial charge in [0.1, 0.15) is 11.6 Å². The summed E-state index contributed by atoms with van der Waals surface area (Å²) in [5.41, 5.74) is 3.76. The van der Waals surface area contributed by atoms with Gasteiger partial charge in [0.2, 0.25) is 0 Å². The van der Waals surface area contributed by atoms with Crippen molar-refractivity contribution in [1.82, 2.24) is 10.4 Å². The molecule has 0 amide bonds. The van der Waals surface area contributed by atoms with E-state index in [9.17, 15) is 4.39 Å². The molecule has 19 heavy (non-hydrogen) atoms. The van der Waals surface area contributed by atoms with Gasteiger partial charge >= 0.3 is 0 Å². The Kier molecular flexibility index (Phi) is 4.47. The molecule has 1 atom stereocenters. The van der Waals surface area contributed by atoms with Gasteiger partial charge in [-0.3, -0.25) is 10.8 Å². The highest BCUT2D eigenvalue weighted by Gasteiger charge is 2.18. The van der Waals surface area contributed by atoms with Crippen LogP contribution in [0.3, 0.4) is 0 Å². The van der Waals surface area contributed by atoms with E-state index in [0.29, 0.717) is 11.3 Å². The minimum atomic E-state index is -0.500. The number of aromatic nitrogens is 1. The zero-order valence-electron chi connectivity index (χ0n) is 10.2. The molecule has 4 nitrogen and oxygen atoms in total. The van der Waals surface area contributed by atoms with E-state index in [4.69, 9.17) is 10.6 Å². The third-order valence-electron chi connectivity index (χ3n) is 2.74. The lowest BCUT2D eigenvalue weighted by Crippen LogP contribution is -2.29. The first-order valence-electron chi connectivity index (χ1n) is 5.55. The predicted molar refractivity (Wildman–Crippen MR) is 74.1 cm³/mol. The Bertz CT molecular complexity index is 580. The number of pyridine rings is 1. The molecule has 100 valence electrons. The quantitative estimate of drug-likeness (QED) is 0.670. The lowest BCUT2D eigenvalue weighted by molar-refractivity contribution is 0.411. The van der Waals surface area contributed by atoms with Crippen LogP contribution >= 0.6 is 15.9 Å². The van der Waals surface area contributed by atoms with Crippen molar-refractivity contribution in [3.05, 3.63) is 58.1 Å². The van der Waals surface area contributed by atoms with E-state index in [1.807, 2.05) is 0 Å². The number of hydrazine groups is 1. The molecule has 0 saturated heterocycles. The Morgan fingerprint density at radius 1 is 1.37 bits per heavy atom. The van der Waals surface area contributed by atoms with Crippen molar-refractivity contribution in [3.8, 4) is 5.75 Å². The van der Waals surface area contributed by atoms with Crippen molar-refractivity contribution in [3.63, 3.8) is 0 Å². The van der Waals surface area contributed by atoms with E-state index in [-0.39, 0.29) is 5.82 Å². The highest BCUT2D eigenvalue weighted by atomic mass is 79.9. The number of nitrogens with two attached hydrogens (primary N) is 1. The Labute approximate surface area is 118 Å². The number of halogens is 2. The van der Waals surface area contributed by atoms with Gasteiger partial charge in [0.15, 0.2) is 0 Å². The van der Waals surface area contributed by atoms with Gasteiger partial charge in [0, 0.05) is 16.2 Å². The molecule has 6 heteroatoms. The van der Waals surface area contributed by atoms with Gasteiger partial charge in [-0.05, 0) is 29.8 Å². The van der Waals surface area contributed by atoms with Crippen LogP contribution in [0.5, 0.6) is 5.75 Å². The van der Waals surface area contributed by atoms with E-state index in [1.54, 1.807) is 37.7 Å². The summed E-state index contributed by atoms with van der Waals surface area (Å²) < 4.78 is 19.8. The van der Waals surface area contributed by atoms with Gasteiger partial charge in [0.05, 0.1) is 19.3 Å². The number of nitrogens with one attached hydrogen (secondary N) is 1. The second kappa shape index (κ2) is 6.10. The van der Waals surface area contributed by atoms with Crippen LogP contribution < -0.4 is 16.0 Å². The van der Waals surface area contributed by atoms with Crippen molar-refractivity contribution in [2.75, 3.05) is 7.11 Å². The normalized spacial score (nSPS) is 12.2. The van der Waals surface area contributed by atoms with Gasteiger partial charge in [0.25, 0.3) is 0 Å². The van der Waals surface area contributed by atoms with Crippen LogP contribution in [0.2, 0.25) is 0 Å². The first-order valence-corrected chi connectivity index (χ1v) is 6.35. The molecule has 0 radical (unpaired) electrons. The highest BCUT2D eigenvalue weighted by Crippen LogP contribution is 2.27. The Morgan fingerprint density at radius 2 is 2.16 bits per heavy atom.